The topological polar surface area (TPSA) is 75.0 Å². The normalized spacial score (nSPS) is 17.0. The number of nitrogens with zero attached hydrogens (tertiary/aromatic N) is 2. The minimum atomic E-state index is -0.716. The third kappa shape index (κ3) is 4.75. The molecule has 0 aliphatic carbocycles. The fraction of sp³-hybridized carbons (Fsp3) is 0.360. The summed E-state index contributed by atoms with van der Waals surface area (Å²) in [6.07, 6.45) is 0. The zero-order valence-corrected chi connectivity index (χ0v) is 19.5. The van der Waals surface area contributed by atoms with Crippen LogP contribution in [0.3, 0.4) is 0 Å². The van der Waals surface area contributed by atoms with Gasteiger partial charge in [0.05, 0.1) is 30.7 Å². The zero-order chi connectivity index (χ0) is 24.6. The molecule has 0 radical (unpaired) electrons. The summed E-state index contributed by atoms with van der Waals surface area (Å²) < 4.78 is 39.2. The molecular weight excluding hydrogens is 444 g/mol. The Balaban J connectivity index is 1.86. The average Bonchev–Trinajstić information content (AvgIpc) is 2.77. The lowest BCUT2D eigenvalue weighted by atomic mass is 9.99. The van der Waals surface area contributed by atoms with Crippen LogP contribution in [0.4, 0.5) is 20.4 Å². The number of rotatable bonds is 5. The third-order valence-electron chi connectivity index (χ3n) is 5.86. The maximum Gasteiger partial charge on any atom is 0.253 e. The summed E-state index contributed by atoms with van der Waals surface area (Å²) in [6.45, 7) is 5.34. The first-order valence-corrected chi connectivity index (χ1v) is 11.0. The molecule has 4 rings (SSSR count). The first kappa shape index (κ1) is 23.7. The van der Waals surface area contributed by atoms with Crippen molar-refractivity contribution in [3.63, 3.8) is 0 Å². The van der Waals surface area contributed by atoms with Gasteiger partial charge in [0, 0.05) is 49.6 Å². The molecule has 1 aliphatic rings. The Hall–Kier alpha value is -3.46. The molecule has 1 aliphatic heterocycles. The Labute approximate surface area is 195 Å². The molecule has 1 amide bonds. The molecule has 0 saturated carbocycles. The van der Waals surface area contributed by atoms with Gasteiger partial charge in [0.15, 0.2) is 11.3 Å². The number of carbonyl (C=O) groups excluding carboxylic acids is 1. The van der Waals surface area contributed by atoms with E-state index in [1.54, 1.807) is 27.1 Å². The van der Waals surface area contributed by atoms with Crippen LogP contribution in [0.2, 0.25) is 0 Å². The summed E-state index contributed by atoms with van der Waals surface area (Å²) >= 11 is 0. The number of ether oxygens (including phenoxy) is 1. The van der Waals surface area contributed by atoms with E-state index >= 15 is 0 Å². The molecule has 2 unspecified atom stereocenters. The summed E-state index contributed by atoms with van der Waals surface area (Å²) in [5.41, 5.74) is 1.09. The molecule has 0 bridgehead atoms. The molecule has 1 fully saturated rings. The second kappa shape index (κ2) is 9.42. The first-order chi connectivity index (χ1) is 16.1. The molecule has 2 aromatic carbocycles. The van der Waals surface area contributed by atoms with Crippen molar-refractivity contribution in [3.05, 3.63) is 69.4 Å². The zero-order valence-electron chi connectivity index (χ0n) is 19.5. The lowest BCUT2D eigenvalue weighted by Crippen LogP contribution is -2.44. The van der Waals surface area contributed by atoms with Crippen LogP contribution in [0.1, 0.15) is 35.8 Å². The summed E-state index contributed by atoms with van der Waals surface area (Å²) in [6, 6.07) is 7.20. The third-order valence-corrected chi connectivity index (χ3v) is 5.86. The van der Waals surface area contributed by atoms with E-state index in [1.165, 1.54) is 29.2 Å². The van der Waals surface area contributed by atoms with E-state index in [0.29, 0.717) is 42.4 Å². The quantitative estimate of drug-likeness (QED) is 0.602. The van der Waals surface area contributed by atoms with E-state index < -0.39 is 17.7 Å². The number of hydrogen-bond donors (Lipinski definition) is 1. The van der Waals surface area contributed by atoms with Crippen LogP contribution in [-0.4, -0.2) is 50.7 Å². The van der Waals surface area contributed by atoms with Gasteiger partial charge in [0.25, 0.3) is 5.91 Å². The van der Waals surface area contributed by atoms with Crippen molar-refractivity contribution in [2.75, 3.05) is 44.1 Å². The van der Waals surface area contributed by atoms with Gasteiger partial charge < -0.3 is 24.3 Å². The minimum absolute atomic E-state index is 0.0122. The second-order valence-electron chi connectivity index (χ2n) is 8.73. The molecule has 0 spiro atoms. The number of halogens is 2. The number of carbonyl (C=O) groups is 1. The number of fused-ring (bicyclic) bond motifs is 1. The van der Waals surface area contributed by atoms with Crippen LogP contribution in [0.15, 0.2) is 45.6 Å². The minimum Gasteiger partial charge on any atom is -0.440 e. The Bertz CT molecular complexity index is 1270. The van der Waals surface area contributed by atoms with E-state index in [0.717, 1.165) is 6.07 Å². The van der Waals surface area contributed by atoms with Crippen LogP contribution in [0.5, 0.6) is 0 Å². The van der Waals surface area contributed by atoms with Gasteiger partial charge in [-0.05, 0) is 38.1 Å². The highest BCUT2D eigenvalue weighted by atomic mass is 19.1. The molecule has 2 atom stereocenters. The van der Waals surface area contributed by atoms with Crippen molar-refractivity contribution in [2.45, 2.75) is 25.9 Å². The monoisotopic (exact) mass is 471 g/mol. The number of morpholine rings is 1. The van der Waals surface area contributed by atoms with Crippen molar-refractivity contribution in [3.8, 4) is 0 Å². The van der Waals surface area contributed by atoms with Gasteiger partial charge in [-0.25, -0.2) is 8.78 Å². The second-order valence-corrected chi connectivity index (χ2v) is 8.73. The van der Waals surface area contributed by atoms with Crippen molar-refractivity contribution >= 4 is 28.4 Å². The van der Waals surface area contributed by atoms with Crippen LogP contribution >= 0.6 is 0 Å². The highest BCUT2D eigenvalue weighted by molar-refractivity contribution is 5.98. The van der Waals surface area contributed by atoms with E-state index in [-0.39, 0.29) is 28.5 Å². The predicted octanol–water partition coefficient (Wildman–Crippen LogP) is 4.17. The molecule has 1 N–H and O–H groups in total. The van der Waals surface area contributed by atoms with Gasteiger partial charge in [-0.1, -0.05) is 0 Å². The summed E-state index contributed by atoms with van der Waals surface area (Å²) in [5.74, 6) is -1.31. The molecule has 7 nitrogen and oxygen atoms in total. The fourth-order valence-corrected chi connectivity index (χ4v) is 4.14. The van der Waals surface area contributed by atoms with Crippen LogP contribution in [0, 0.1) is 11.6 Å². The molecular formula is C25H27F2N3O4. The SMILES string of the molecule is CC(Nc1cc(F)cc(F)c1)c1cc(C(=O)N(C)C)cc2c(=O)cc(N3CCOCC3C)oc12. The van der Waals surface area contributed by atoms with Crippen molar-refractivity contribution in [1.29, 1.82) is 0 Å². The molecule has 9 heteroatoms. The van der Waals surface area contributed by atoms with E-state index in [2.05, 4.69) is 5.32 Å². The van der Waals surface area contributed by atoms with Gasteiger partial charge in [0.1, 0.15) is 17.2 Å². The first-order valence-electron chi connectivity index (χ1n) is 11.0. The largest absolute Gasteiger partial charge is 0.440 e. The van der Waals surface area contributed by atoms with Crippen LogP contribution in [-0.2, 0) is 4.74 Å². The highest BCUT2D eigenvalue weighted by Gasteiger charge is 2.25. The lowest BCUT2D eigenvalue weighted by molar-refractivity contribution is 0.0827. The van der Waals surface area contributed by atoms with Crippen LogP contribution < -0.4 is 15.6 Å². The Morgan fingerprint density at radius 3 is 2.50 bits per heavy atom. The smallest absolute Gasteiger partial charge is 0.253 e. The van der Waals surface area contributed by atoms with Crippen molar-refractivity contribution in [1.82, 2.24) is 4.90 Å². The van der Waals surface area contributed by atoms with E-state index in [1.807, 2.05) is 11.8 Å². The maximum atomic E-state index is 13.7. The average molecular weight is 472 g/mol. The summed E-state index contributed by atoms with van der Waals surface area (Å²) in [7, 11) is 3.24. The number of benzene rings is 2. The molecule has 2 heterocycles. The Morgan fingerprint density at radius 2 is 1.85 bits per heavy atom. The lowest BCUT2D eigenvalue weighted by Gasteiger charge is -2.33. The molecule has 1 aromatic heterocycles. The van der Waals surface area contributed by atoms with Crippen molar-refractivity contribution in [2.24, 2.45) is 0 Å². The highest BCUT2D eigenvalue weighted by Crippen LogP contribution is 2.31. The number of nitrogens with one attached hydrogen (secondary N) is 1. The van der Waals surface area contributed by atoms with Gasteiger partial charge in [-0.15, -0.1) is 0 Å². The van der Waals surface area contributed by atoms with E-state index in [4.69, 9.17) is 9.15 Å². The molecule has 180 valence electrons. The number of anilines is 2. The van der Waals surface area contributed by atoms with Crippen molar-refractivity contribution < 1.29 is 22.7 Å². The molecule has 1 saturated heterocycles. The molecule has 3 aromatic rings. The molecule has 34 heavy (non-hydrogen) atoms. The number of amides is 1. The van der Waals surface area contributed by atoms with Gasteiger partial charge in [-0.2, -0.15) is 0 Å². The Kier molecular flexibility index (Phi) is 6.56. The summed E-state index contributed by atoms with van der Waals surface area (Å²) in [5, 5.41) is 3.31. The Morgan fingerprint density at radius 1 is 1.15 bits per heavy atom. The predicted molar refractivity (Wildman–Crippen MR) is 127 cm³/mol. The van der Waals surface area contributed by atoms with E-state index in [9.17, 15) is 18.4 Å². The number of hydrogen-bond acceptors (Lipinski definition) is 6. The van der Waals surface area contributed by atoms with Gasteiger partial charge in [0.2, 0.25) is 0 Å². The van der Waals surface area contributed by atoms with Crippen LogP contribution in [0.25, 0.3) is 11.0 Å². The standard InChI is InChI=1S/C25H27F2N3O4/c1-14-13-33-6-5-30(14)23-12-22(31)21-8-16(25(32)29(3)4)7-20(24(21)34-23)15(2)28-19-10-17(26)9-18(27)11-19/h7-12,14-15,28H,5-6,13H2,1-4H3. The fourth-order valence-electron chi connectivity index (χ4n) is 4.14. The van der Waals surface area contributed by atoms with Gasteiger partial charge in [-0.3, -0.25) is 9.59 Å². The summed E-state index contributed by atoms with van der Waals surface area (Å²) in [4.78, 5) is 29.3. The van der Waals surface area contributed by atoms with Gasteiger partial charge >= 0.3 is 0 Å². The maximum absolute atomic E-state index is 13.7.